The van der Waals surface area contributed by atoms with Crippen LogP contribution < -0.4 is 9.62 Å². The Kier molecular flexibility index (Phi) is 3.43. The molecule has 0 aliphatic carbocycles. The maximum Gasteiger partial charge on any atom is 0.264 e. The molecule has 1 aliphatic rings. The smallest absolute Gasteiger partial charge is 0.264 e. The van der Waals surface area contributed by atoms with Gasteiger partial charge in [0.25, 0.3) is 10.0 Å². The van der Waals surface area contributed by atoms with E-state index < -0.39 is 10.0 Å². The lowest BCUT2D eigenvalue weighted by Crippen LogP contribution is -2.38. The van der Waals surface area contributed by atoms with E-state index in [1.165, 1.54) is 4.31 Å². The van der Waals surface area contributed by atoms with Gasteiger partial charge in [0.1, 0.15) is 0 Å². The lowest BCUT2D eigenvalue weighted by atomic mass is 10.2. The van der Waals surface area contributed by atoms with Crippen LogP contribution in [-0.2, 0) is 10.0 Å². The molecule has 0 unspecified atom stereocenters. The molecule has 2 aromatic carbocycles. The highest BCUT2D eigenvalue weighted by molar-refractivity contribution is 9.10. The Morgan fingerprint density at radius 3 is 2.60 bits per heavy atom. The average molecular weight is 353 g/mol. The molecule has 0 bridgehead atoms. The largest absolute Gasteiger partial charge is 0.381 e. The number of nitrogens with zero attached hydrogens (tertiary/aromatic N) is 1. The third kappa shape index (κ3) is 2.29. The summed E-state index contributed by atoms with van der Waals surface area (Å²) in [7, 11) is -3.51. The molecule has 2 aromatic rings. The maximum atomic E-state index is 12.7. The van der Waals surface area contributed by atoms with Crippen molar-refractivity contribution in [2.24, 2.45) is 0 Å². The van der Waals surface area contributed by atoms with Crippen LogP contribution in [0.15, 0.2) is 57.9 Å². The van der Waals surface area contributed by atoms with Crippen molar-refractivity contribution in [1.82, 2.24) is 0 Å². The molecule has 1 heterocycles. The Bertz CT molecular complexity index is 732. The van der Waals surface area contributed by atoms with Crippen LogP contribution in [0, 0.1) is 0 Å². The Labute approximate surface area is 126 Å². The molecule has 20 heavy (non-hydrogen) atoms. The molecule has 104 valence electrons. The second kappa shape index (κ2) is 5.10. The molecule has 0 radical (unpaired) electrons. The molecule has 0 atom stereocenters. The highest BCUT2D eigenvalue weighted by atomic mass is 79.9. The highest BCUT2D eigenvalue weighted by Crippen LogP contribution is 2.35. The first-order chi connectivity index (χ1) is 9.59. The van der Waals surface area contributed by atoms with E-state index in [0.717, 1.165) is 10.2 Å². The fourth-order valence-electron chi connectivity index (χ4n) is 2.25. The third-order valence-electron chi connectivity index (χ3n) is 3.19. The number of rotatable bonds is 2. The summed E-state index contributed by atoms with van der Waals surface area (Å²) in [5.41, 5.74) is 1.51. The van der Waals surface area contributed by atoms with Crippen LogP contribution in [0.4, 0.5) is 11.4 Å². The number of sulfonamides is 1. The molecular formula is C14H13BrN2O2S. The van der Waals surface area contributed by atoms with E-state index in [0.29, 0.717) is 23.7 Å². The molecule has 0 spiro atoms. The Balaban J connectivity index is 2.09. The molecule has 0 amide bonds. The molecule has 1 N–H and O–H groups in total. The zero-order valence-corrected chi connectivity index (χ0v) is 13.0. The van der Waals surface area contributed by atoms with Gasteiger partial charge in [-0.15, -0.1) is 0 Å². The van der Waals surface area contributed by atoms with Gasteiger partial charge in [-0.2, -0.15) is 0 Å². The minimum absolute atomic E-state index is 0.316. The SMILES string of the molecule is O=S(=O)(c1ccccc1)N1CCNc2cc(Br)ccc21. The zero-order chi connectivity index (χ0) is 14.2. The second-order valence-electron chi connectivity index (χ2n) is 4.48. The lowest BCUT2D eigenvalue weighted by Gasteiger charge is -2.31. The van der Waals surface area contributed by atoms with Gasteiger partial charge in [-0.05, 0) is 30.3 Å². The van der Waals surface area contributed by atoms with Crippen molar-refractivity contribution in [2.45, 2.75) is 4.90 Å². The Morgan fingerprint density at radius 1 is 1.10 bits per heavy atom. The summed E-state index contributed by atoms with van der Waals surface area (Å²) in [6.45, 7) is 1.02. The molecule has 4 nitrogen and oxygen atoms in total. The van der Waals surface area contributed by atoms with Crippen LogP contribution in [0.5, 0.6) is 0 Å². The van der Waals surface area contributed by atoms with Gasteiger partial charge < -0.3 is 5.32 Å². The first-order valence-electron chi connectivity index (χ1n) is 6.20. The number of nitrogens with one attached hydrogen (secondary N) is 1. The molecule has 0 fully saturated rings. The molecular weight excluding hydrogens is 340 g/mol. The van der Waals surface area contributed by atoms with Crippen molar-refractivity contribution in [3.63, 3.8) is 0 Å². The van der Waals surface area contributed by atoms with E-state index in [2.05, 4.69) is 21.2 Å². The first kappa shape index (κ1) is 13.5. The maximum absolute atomic E-state index is 12.7. The lowest BCUT2D eigenvalue weighted by molar-refractivity contribution is 0.590. The van der Waals surface area contributed by atoms with Gasteiger partial charge in [-0.3, -0.25) is 4.31 Å². The van der Waals surface area contributed by atoms with E-state index in [4.69, 9.17) is 0 Å². The third-order valence-corrected chi connectivity index (χ3v) is 5.51. The summed E-state index contributed by atoms with van der Waals surface area (Å²) in [6.07, 6.45) is 0. The minimum Gasteiger partial charge on any atom is -0.381 e. The van der Waals surface area contributed by atoms with E-state index >= 15 is 0 Å². The average Bonchev–Trinajstić information content (AvgIpc) is 2.47. The van der Waals surface area contributed by atoms with Crippen molar-refractivity contribution < 1.29 is 8.42 Å². The standard InChI is InChI=1S/C14H13BrN2O2S/c15-11-6-7-14-13(10-11)16-8-9-17(14)20(18,19)12-4-2-1-3-5-12/h1-7,10,16H,8-9H2. The van der Waals surface area contributed by atoms with Crippen molar-refractivity contribution >= 4 is 37.3 Å². The van der Waals surface area contributed by atoms with Crippen molar-refractivity contribution in [3.8, 4) is 0 Å². The zero-order valence-electron chi connectivity index (χ0n) is 10.6. The van der Waals surface area contributed by atoms with Gasteiger partial charge in [0.05, 0.1) is 22.8 Å². The number of halogens is 1. The predicted molar refractivity (Wildman–Crippen MR) is 83.6 cm³/mol. The minimum atomic E-state index is -3.51. The number of benzene rings is 2. The molecule has 1 aliphatic heterocycles. The summed E-state index contributed by atoms with van der Waals surface area (Å²) >= 11 is 3.40. The fourth-order valence-corrected chi connectivity index (χ4v) is 4.12. The number of hydrogen-bond donors (Lipinski definition) is 1. The van der Waals surface area contributed by atoms with Crippen LogP contribution in [0.1, 0.15) is 0 Å². The molecule has 0 aromatic heterocycles. The van der Waals surface area contributed by atoms with Gasteiger partial charge in [0, 0.05) is 11.0 Å². The second-order valence-corrected chi connectivity index (χ2v) is 7.26. The Morgan fingerprint density at radius 2 is 1.85 bits per heavy atom. The van der Waals surface area contributed by atoms with Crippen molar-refractivity contribution in [2.75, 3.05) is 22.7 Å². The van der Waals surface area contributed by atoms with Crippen LogP contribution in [0.2, 0.25) is 0 Å². The topological polar surface area (TPSA) is 49.4 Å². The van der Waals surface area contributed by atoms with E-state index in [9.17, 15) is 8.42 Å². The number of fused-ring (bicyclic) bond motifs is 1. The molecule has 3 rings (SSSR count). The monoisotopic (exact) mass is 352 g/mol. The predicted octanol–water partition coefficient (Wildman–Crippen LogP) is 3.07. The molecule has 0 saturated heterocycles. The van der Waals surface area contributed by atoms with Gasteiger partial charge in [0.15, 0.2) is 0 Å². The summed E-state index contributed by atoms with van der Waals surface area (Å²) in [5, 5.41) is 3.22. The summed E-state index contributed by atoms with van der Waals surface area (Å²) in [5.74, 6) is 0. The molecule has 0 saturated carbocycles. The quantitative estimate of drug-likeness (QED) is 0.903. The number of anilines is 2. The van der Waals surface area contributed by atoms with Gasteiger partial charge in [-0.1, -0.05) is 34.1 Å². The number of hydrogen-bond acceptors (Lipinski definition) is 3. The van der Waals surface area contributed by atoms with Gasteiger partial charge in [0.2, 0.25) is 0 Å². The molecule has 6 heteroatoms. The van der Waals surface area contributed by atoms with Crippen LogP contribution in [-0.4, -0.2) is 21.5 Å². The van der Waals surface area contributed by atoms with Gasteiger partial charge >= 0.3 is 0 Å². The Hall–Kier alpha value is -1.53. The van der Waals surface area contributed by atoms with E-state index in [-0.39, 0.29) is 0 Å². The van der Waals surface area contributed by atoms with Crippen LogP contribution >= 0.6 is 15.9 Å². The fraction of sp³-hybridized carbons (Fsp3) is 0.143. The van der Waals surface area contributed by atoms with E-state index in [1.807, 2.05) is 24.3 Å². The normalized spacial score (nSPS) is 14.6. The van der Waals surface area contributed by atoms with Crippen molar-refractivity contribution in [3.05, 3.63) is 53.0 Å². The summed E-state index contributed by atoms with van der Waals surface area (Å²) < 4.78 is 27.8. The van der Waals surface area contributed by atoms with Crippen LogP contribution in [0.3, 0.4) is 0 Å². The summed E-state index contributed by atoms with van der Waals surface area (Å²) in [6, 6.07) is 14.1. The van der Waals surface area contributed by atoms with Gasteiger partial charge in [-0.25, -0.2) is 8.42 Å². The van der Waals surface area contributed by atoms with Crippen molar-refractivity contribution in [1.29, 1.82) is 0 Å². The van der Waals surface area contributed by atoms with Crippen LogP contribution in [0.25, 0.3) is 0 Å². The highest BCUT2D eigenvalue weighted by Gasteiger charge is 2.28. The van der Waals surface area contributed by atoms with E-state index in [1.54, 1.807) is 24.3 Å². The summed E-state index contributed by atoms with van der Waals surface area (Å²) in [4.78, 5) is 0.316. The first-order valence-corrected chi connectivity index (χ1v) is 8.43.